The lowest BCUT2D eigenvalue weighted by Gasteiger charge is -2.38. The minimum atomic E-state index is -0.541. The number of benzene rings is 2. The predicted octanol–water partition coefficient (Wildman–Crippen LogP) is 3.88. The molecule has 27 heavy (non-hydrogen) atoms. The minimum Gasteiger partial charge on any atom is -0.481 e. The number of ether oxygens (including phenoxy) is 1. The van der Waals surface area contributed by atoms with Gasteiger partial charge in [0.05, 0.1) is 15.5 Å². The normalized spacial score (nSPS) is 17.6. The van der Waals surface area contributed by atoms with E-state index in [0.29, 0.717) is 41.7 Å². The second-order valence-electron chi connectivity index (χ2n) is 6.80. The van der Waals surface area contributed by atoms with Gasteiger partial charge in [-0.25, -0.2) is 0 Å². The molecule has 2 heterocycles. The van der Waals surface area contributed by atoms with E-state index < -0.39 is 5.41 Å². The molecular weight excluding hydrogens is 387 g/mol. The zero-order valence-electron chi connectivity index (χ0n) is 14.5. The molecule has 2 aliphatic heterocycles. The highest BCUT2D eigenvalue weighted by molar-refractivity contribution is 6.37. The number of carbonyl (C=O) groups is 2. The molecule has 7 heteroatoms. The van der Waals surface area contributed by atoms with Gasteiger partial charge in [-0.05, 0) is 36.6 Å². The van der Waals surface area contributed by atoms with Gasteiger partial charge in [0.15, 0.2) is 12.4 Å². The molecule has 1 N–H and O–H groups in total. The highest BCUT2D eigenvalue weighted by Crippen LogP contribution is 2.44. The number of fused-ring (bicyclic) bond motifs is 2. The van der Waals surface area contributed by atoms with E-state index in [1.165, 1.54) is 0 Å². The first-order valence-corrected chi connectivity index (χ1v) is 9.52. The van der Waals surface area contributed by atoms with Crippen LogP contribution >= 0.6 is 23.2 Å². The Kier molecular flexibility index (Phi) is 4.74. The molecule has 0 atom stereocenters. The van der Waals surface area contributed by atoms with Crippen molar-refractivity contribution in [2.75, 3.05) is 25.0 Å². The van der Waals surface area contributed by atoms with Gasteiger partial charge in [-0.2, -0.15) is 0 Å². The third-order valence-corrected chi connectivity index (χ3v) is 5.95. The molecule has 0 saturated carbocycles. The number of carbonyl (C=O) groups excluding carboxylic acids is 2. The van der Waals surface area contributed by atoms with Crippen LogP contribution in [0.15, 0.2) is 42.5 Å². The number of nitrogens with one attached hydrogen (secondary N) is 1. The molecule has 2 aliphatic rings. The number of rotatable bonds is 3. The van der Waals surface area contributed by atoms with Crippen molar-refractivity contribution in [2.45, 2.75) is 18.3 Å². The van der Waals surface area contributed by atoms with Crippen LogP contribution in [0.2, 0.25) is 10.0 Å². The van der Waals surface area contributed by atoms with Gasteiger partial charge in [-0.1, -0.05) is 47.5 Å². The molecule has 1 fully saturated rings. The van der Waals surface area contributed by atoms with Crippen LogP contribution in [0.25, 0.3) is 0 Å². The van der Waals surface area contributed by atoms with E-state index in [-0.39, 0.29) is 18.4 Å². The summed E-state index contributed by atoms with van der Waals surface area (Å²) < 4.78 is 5.54. The molecule has 0 aliphatic carbocycles. The lowest BCUT2D eigenvalue weighted by molar-refractivity contribution is -0.137. The van der Waals surface area contributed by atoms with Crippen LogP contribution in [-0.2, 0) is 15.0 Å². The van der Waals surface area contributed by atoms with Crippen LogP contribution in [-0.4, -0.2) is 36.4 Å². The maximum atomic E-state index is 12.6. The van der Waals surface area contributed by atoms with Gasteiger partial charge >= 0.3 is 0 Å². The van der Waals surface area contributed by atoms with Crippen LogP contribution in [0, 0.1) is 0 Å². The molecule has 0 radical (unpaired) electrons. The number of anilines is 1. The maximum absolute atomic E-state index is 12.6. The summed E-state index contributed by atoms with van der Waals surface area (Å²) in [6.45, 7) is 0.861. The Balaban J connectivity index is 1.41. The Hall–Kier alpha value is -2.24. The first-order chi connectivity index (χ1) is 13.0. The smallest absolute Gasteiger partial charge is 0.260 e. The van der Waals surface area contributed by atoms with Crippen LogP contribution in [0.5, 0.6) is 5.75 Å². The molecule has 5 nitrogen and oxygen atoms in total. The van der Waals surface area contributed by atoms with E-state index in [9.17, 15) is 9.59 Å². The minimum absolute atomic E-state index is 0.0231. The fourth-order valence-corrected chi connectivity index (χ4v) is 4.36. The quantitative estimate of drug-likeness (QED) is 0.843. The molecule has 1 spiro atoms. The summed E-state index contributed by atoms with van der Waals surface area (Å²) in [5.74, 6) is 0.189. The van der Waals surface area contributed by atoms with Crippen LogP contribution < -0.4 is 10.1 Å². The summed E-state index contributed by atoms with van der Waals surface area (Å²) in [5, 5.41) is 3.70. The number of piperidine rings is 1. The molecule has 2 aromatic rings. The van der Waals surface area contributed by atoms with Gasteiger partial charge in [0.25, 0.3) is 5.91 Å². The number of hydrogen-bond acceptors (Lipinski definition) is 3. The standard InChI is InChI=1S/C20H18Cl2N2O3/c21-14-5-3-6-15(22)18(14)27-12-17(25)24-10-8-20(9-11-24)13-4-1-2-7-16(13)23-19(20)26/h1-7H,8-12H2,(H,23,26). The van der Waals surface area contributed by atoms with Crippen molar-refractivity contribution in [3.63, 3.8) is 0 Å². The number of likely N-dealkylation sites (tertiary alicyclic amines) is 1. The fourth-order valence-electron chi connectivity index (χ4n) is 3.85. The highest BCUT2D eigenvalue weighted by atomic mass is 35.5. The van der Waals surface area contributed by atoms with Crippen molar-refractivity contribution >= 4 is 40.7 Å². The summed E-state index contributed by atoms with van der Waals surface area (Å²) in [5.41, 5.74) is 1.36. The predicted molar refractivity (Wildman–Crippen MR) is 105 cm³/mol. The van der Waals surface area contributed by atoms with Crippen molar-refractivity contribution in [3.8, 4) is 5.75 Å². The van der Waals surface area contributed by atoms with Crippen molar-refractivity contribution in [3.05, 3.63) is 58.1 Å². The molecule has 2 aromatic carbocycles. The third-order valence-electron chi connectivity index (χ3n) is 5.35. The van der Waals surface area contributed by atoms with E-state index in [1.54, 1.807) is 23.1 Å². The molecule has 0 aromatic heterocycles. The van der Waals surface area contributed by atoms with Gasteiger partial charge < -0.3 is 15.0 Å². The second kappa shape index (κ2) is 7.06. The highest BCUT2D eigenvalue weighted by Gasteiger charge is 2.48. The number of nitrogens with zero attached hydrogens (tertiary/aromatic N) is 1. The van der Waals surface area contributed by atoms with Crippen molar-refractivity contribution < 1.29 is 14.3 Å². The Labute approximate surface area is 167 Å². The Morgan fingerprint density at radius 3 is 2.44 bits per heavy atom. The molecule has 0 unspecified atom stereocenters. The zero-order valence-corrected chi connectivity index (χ0v) is 16.0. The average Bonchev–Trinajstić information content (AvgIpc) is 2.93. The lowest BCUT2D eigenvalue weighted by atomic mass is 9.73. The first-order valence-electron chi connectivity index (χ1n) is 8.77. The van der Waals surface area contributed by atoms with Gasteiger partial charge in [-0.15, -0.1) is 0 Å². The summed E-state index contributed by atoms with van der Waals surface area (Å²) >= 11 is 12.1. The lowest BCUT2D eigenvalue weighted by Crippen LogP contribution is -2.49. The largest absolute Gasteiger partial charge is 0.481 e. The van der Waals surface area contributed by atoms with E-state index in [4.69, 9.17) is 27.9 Å². The molecule has 0 bridgehead atoms. The Morgan fingerprint density at radius 1 is 1.07 bits per heavy atom. The third kappa shape index (κ3) is 3.15. The van der Waals surface area contributed by atoms with Crippen molar-refractivity contribution in [1.82, 2.24) is 4.90 Å². The van der Waals surface area contributed by atoms with Gasteiger partial charge in [0, 0.05) is 18.8 Å². The van der Waals surface area contributed by atoms with Crippen molar-refractivity contribution in [2.24, 2.45) is 0 Å². The van der Waals surface area contributed by atoms with Gasteiger partial charge in [0.1, 0.15) is 0 Å². The molecule has 2 amide bonds. The zero-order chi connectivity index (χ0) is 19.0. The number of amides is 2. The summed E-state index contributed by atoms with van der Waals surface area (Å²) in [6.07, 6.45) is 1.18. The Bertz CT molecular complexity index is 888. The van der Waals surface area contributed by atoms with E-state index >= 15 is 0 Å². The van der Waals surface area contributed by atoms with Crippen LogP contribution in [0.3, 0.4) is 0 Å². The summed E-state index contributed by atoms with van der Waals surface area (Å²) in [6, 6.07) is 12.8. The van der Waals surface area contributed by atoms with E-state index in [0.717, 1.165) is 11.3 Å². The van der Waals surface area contributed by atoms with Gasteiger partial charge in [-0.3, -0.25) is 9.59 Å². The van der Waals surface area contributed by atoms with Gasteiger partial charge in [0.2, 0.25) is 5.91 Å². The monoisotopic (exact) mass is 404 g/mol. The SMILES string of the molecule is O=C(COc1c(Cl)cccc1Cl)N1CCC2(CC1)C(=O)Nc1ccccc12. The molecule has 140 valence electrons. The summed E-state index contributed by atoms with van der Waals surface area (Å²) in [4.78, 5) is 26.9. The number of hydrogen-bond donors (Lipinski definition) is 1. The number of para-hydroxylation sites is 2. The fraction of sp³-hybridized carbons (Fsp3) is 0.300. The maximum Gasteiger partial charge on any atom is 0.260 e. The van der Waals surface area contributed by atoms with E-state index in [1.807, 2.05) is 24.3 Å². The topological polar surface area (TPSA) is 58.6 Å². The van der Waals surface area contributed by atoms with Crippen LogP contribution in [0.4, 0.5) is 5.69 Å². The summed E-state index contributed by atoms with van der Waals surface area (Å²) in [7, 11) is 0. The van der Waals surface area contributed by atoms with Crippen molar-refractivity contribution in [1.29, 1.82) is 0 Å². The average molecular weight is 405 g/mol. The second-order valence-corrected chi connectivity index (χ2v) is 7.62. The Morgan fingerprint density at radius 2 is 1.74 bits per heavy atom. The first kappa shape index (κ1) is 18.1. The number of halogens is 2. The molecular formula is C20H18Cl2N2O3. The van der Waals surface area contributed by atoms with Crippen LogP contribution in [0.1, 0.15) is 18.4 Å². The molecule has 4 rings (SSSR count). The molecule has 1 saturated heterocycles. The van der Waals surface area contributed by atoms with E-state index in [2.05, 4.69) is 5.32 Å².